The SMILES string of the molecule is Cc1cc(OC2CCCC2)ccc1S(=O)(=O)NCCS(C)(=O)=O. The highest BCUT2D eigenvalue weighted by atomic mass is 32.2. The summed E-state index contributed by atoms with van der Waals surface area (Å²) < 4.78 is 54.8. The van der Waals surface area contributed by atoms with Crippen LogP contribution in [-0.4, -0.2) is 41.5 Å². The van der Waals surface area contributed by atoms with Crippen LogP contribution in [0.5, 0.6) is 5.75 Å². The van der Waals surface area contributed by atoms with Gasteiger partial charge in [0.25, 0.3) is 0 Å². The zero-order valence-electron chi connectivity index (χ0n) is 13.4. The number of hydrogen-bond donors (Lipinski definition) is 1. The molecule has 0 aromatic heterocycles. The predicted octanol–water partition coefficient (Wildman–Crippen LogP) is 1.64. The molecule has 0 atom stereocenters. The second kappa shape index (κ2) is 7.19. The highest BCUT2D eigenvalue weighted by molar-refractivity contribution is 7.91. The first-order valence-electron chi connectivity index (χ1n) is 7.62. The van der Waals surface area contributed by atoms with Crippen LogP contribution < -0.4 is 9.46 Å². The first-order chi connectivity index (χ1) is 10.7. The molecule has 0 aliphatic heterocycles. The molecule has 0 amide bonds. The van der Waals surface area contributed by atoms with Gasteiger partial charge >= 0.3 is 0 Å². The lowest BCUT2D eigenvalue weighted by atomic mass is 10.2. The minimum atomic E-state index is -3.73. The Hall–Kier alpha value is -1.12. The van der Waals surface area contributed by atoms with Crippen molar-refractivity contribution < 1.29 is 21.6 Å². The summed E-state index contributed by atoms with van der Waals surface area (Å²) in [5.41, 5.74) is 0.576. The fourth-order valence-corrected chi connectivity index (χ4v) is 4.49. The maximum absolute atomic E-state index is 12.2. The van der Waals surface area contributed by atoms with Crippen molar-refractivity contribution in [3.05, 3.63) is 23.8 Å². The van der Waals surface area contributed by atoms with Gasteiger partial charge in [-0.25, -0.2) is 21.6 Å². The normalized spacial score (nSPS) is 16.6. The van der Waals surface area contributed by atoms with Crippen molar-refractivity contribution in [2.24, 2.45) is 0 Å². The molecule has 1 saturated carbocycles. The van der Waals surface area contributed by atoms with E-state index in [4.69, 9.17) is 4.74 Å². The fraction of sp³-hybridized carbons (Fsp3) is 0.600. The molecule has 0 unspecified atom stereocenters. The van der Waals surface area contributed by atoms with Crippen LogP contribution in [0, 0.1) is 6.92 Å². The van der Waals surface area contributed by atoms with Gasteiger partial charge in [-0.3, -0.25) is 0 Å². The van der Waals surface area contributed by atoms with Gasteiger partial charge in [-0.2, -0.15) is 0 Å². The smallest absolute Gasteiger partial charge is 0.240 e. The van der Waals surface area contributed by atoms with Gasteiger partial charge in [-0.1, -0.05) is 0 Å². The fourth-order valence-electron chi connectivity index (χ4n) is 2.63. The zero-order valence-corrected chi connectivity index (χ0v) is 15.0. The maximum atomic E-state index is 12.2. The Balaban J connectivity index is 2.06. The van der Waals surface area contributed by atoms with Crippen LogP contribution in [0.4, 0.5) is 0 Å². The van der Waals surface area contributed by atoms with Crippen LogP contribution in [0.25, 0.3) is 0 Å². The third-order valence-corrected chi connectivity index (χ3v) is 6.37. The van der Waals surface area contributed by atoms with Gasteiger partial charge in [0.05, 0.1) is 16.8 Å². The Morgan fingerprint density at radius 2 is 1.83 bits per heavy atom. The quantitative estimate of drug-likeness (QED) is 0.797. The number of hydrogen-bond acceptors (Lipinski definition) is 5. The Bertz CT molecular complexity index is 750. The summed E-state index contributed by atoms with van der Waals surface area (Å²) in [6, 6.07) is 4.86. The Labute approximate surface area is 138 Å². The van der Waals surface area contributed by atoms with Gasteiger partial charge in [-0.15, -0.1) is 0 Å². The van der Waals surface area contributed by atoms with E-state index in [0.29, 0.717) is 11.3 Å². The van der Waals surface area contributed by atoms with Crippen LogP contribution in [0.1, 0.15) is 31.2 Å². The number of nitrogens with one attached hydrogen (secondary N) is 1. The second-order valence-electron chi connectivity index (χ2n) is 5.98. The lowest BCUT2D eigenvalue weighted by Gasteiger charge is -2.15. The predicted molar refractivity (Wildman–Crippen MR) is 89.0 cm³/mol. The molecular formula is C15H23NO5S2. The van der Waals surface area contributed by atoms with Crippen molar-refractivity contribution >= 4 is 19.9 Å². The number of sulfonamides is 1. The van der Waals surface area contributed by atoms with Crippen molar-refractivity contribution in [1.82, 2.24) is 4.72 Å². The van der Waals surface area contributed by atoms with Crippen molar-refractivity contribution in [3.8, 4) is 5.75 Å². The molecule has 0 bridgehead atoms. The van der Waals surface area contributed by atoms with E-state index in [-0.39, 0.29) is 23.3 Å². The first kappa shape index (κ1) is 18.2. The van der Waals surface area contributed by atoms with E-state index in [1.54, 1.807) is 19.1 Å². The van der Waals surface area contributed by atoms with E-state index in [1.807, 2.05) is 0 Å². The van der Waals surface area contributed by atoms with E-state index in [1.165, 1.54) is 18.9 Å². The molecule has 1 N–H and O–H groups in total. The van der Waals surface area contributed by atoms with Crippen LogP contribution in [0.2, 0.25) is 0 Å². The van der Waals surface area contributed by atoms with Crippen molar-refractivity contribution in [2.45, 2.75) is 43.6 Å². The van der Waals surface area contributed by atoms with Gasteiger partial charge in [-0.05, 0) is 56.4 Å². The second-order valence-corrected chi connectivity index (χ2v) is 9.97. The van der Waals surface area contributed by atoms with Gasteiger partial charge < -0.3 is 4.74 Å². The molecule has 23 heavy (non-hydrogen) atoms. The van der Waals surface area contributed by atoms with Crippen LogP contribution >= 0.6 is 0 Å². The summed E-state index contributed by atoms with van der Waals surface area (Å²) >= 11 is 0. The molecule has 1 aromatic rings. The number of ether oxygens (including phenoxy) is 1. The highest BCUT2D eigenvalue weighted by Gasteiger charge is 2.20. The average Bonchev–Trinajstić information content (AvgIpc) is 2.89. The molecule has 130 valence electrons. The standard InChI is InChI=1S/C15H23NO5S2/c1-12-11-14(21-13-5-3-4-6-13)7-8-15(12)23(19,20)16-9-10-22(2,17)18/h7-8,11,13,16H,3-6,9-10H2,1-2H3. The number of sulfone groups is 1. The summed E-state index contributed by atoms with van der Waals surface area (Å²) in [4.78, 5) is 0.143. The molecule has 1 fully saturated rings. The number of rotatable bonds is 7. The monoisotopic (exact) mass is 361 g/mol. The highest BCUT2D eigenvalue weighted by Crippen LogP contribution is 2.26. The summed E-state index contributed by atoms with van der Waals surface area (Å²) in [6.45, 7) is 1.56. The van der Waals surface area contributed by atoms with Gasteiger partial charge in [0.2, 0.25) is 10.0 Å². The molecule has 1 aliphatic carbocycles. The Kier molecular flexibility index (Phi) is 5.70. The van der Waals surface area contributed by atoms with Gasteiger partial charge in [0.15, 0.2) is 0 Å². The lowest BCUT2D eigenvalue weighted by Crippen LogP contribution is -2.29. The minimum Gasteiger partial charge on any atom is -0.490 e. The molecule has 0 heterocycles. The molecule has 6 nitrogen and oxygen atoms in total. The molecular weight excluding hydrogens is 338 g/mol. The van der Waals surface area contributed by atoms with Gasteiger partial charge in [0.1, 0.15) is 15.6 Å². The molecule has 0 radical (unpaired) electrons. The Morgan fingerprint density at radius 3 is 2.39 bits per heavy atom. The summed E-state index contributed by atoms with van der Waals surface area (Å²) in [6.07, 6.45) is 5.69. The lowest BCUT2D eigenvalue weighted by molar-refractivity contribution is 0.210. The Morgan fingerprint density at radius 1 is 1.17 bits per heavy atom. The van der Waals surface area contributed by atoms with Crippen LogP contribution in [-0.2, 0) is 19.9 Å². The average molecular weight is 361 g/mol. The van der Waals surface area contributed by atoms with Crippen LogP contribution in [0.3, 0.4) is 0 Å². The first-order valence-corrected chi connectivity index (χ1v) is 11.2. The summed E-state index contributed by atoms with van der Waals surface area (Å²) in [7, 11) is -6.93. The molecule has 0 spiro atoms. The van der Waals surface area contributed by atoms with Crippen molar-refractivity contribution in [1.29, 1.82) is 0 Å². The van der Waals surface area contributed by atoms with E-state index in [2.05, 4.69) is 4.72 Å². The number of aryl methyl sites for hydroxylation is 1. The van der Waals surface area contributed by atoms with E-state index >= 15 is 0 Å². The maximum Gasteiger partial charge on any atom is 0.240 e. The van der Waals surface area contributed by atoms with E-state index < -0.39 is 19.9 Å². The van der Waals surface area contributed by atoms with Crippen molar-refractivity contribution in [3.63, 3.8) is 0 Å². The van der Waals surface area contributed by atoms with Crippen molar-refractivity contribution in [2.75, 3.05) is 18.6 Å². The largest absolute Gasteiger partial charge is 0.490 e. The molecule has 2 rings (SSSR count). The summed E-state index contributed by atoms with van der Waals surface area (Å²) in [5, 5.41) is 0. The van der Waals surface area contributed by atoms with Gasteiger partial charge in [0, 0.05) is 12.8 Å². The topological polar surface area (TPSA) is 89.5 Å². The van der Waals surface area contributed by atoms with E-state index in [0.717, 1.165) is 19.1 Å². The number of benzene rings is 1. The molecule has 1 aromatic carbocycles. The molecule has 1 aliphatic rings. The van der Waals surface area contributed by atoms with Crippen LogP contribution in [0.15, 0.2) is 23.1 Å². The minimum absolute atomic E-state index is 0.138. The summed E-state index contributed by atoms with van der Waals surface area (Å²) in [5.74, 6) is 0.443. The third-order valence-electron chi connectivity index (χ3n) is 3.81. The van der Waals surface area contributed by atoms with E-state index in [9.17, 15) is 16.8 Å². The molecule has 8 heteroatoms. The molecule has 0 saturated heterocycles. The third kappa shape index (κ3) is 5.47. The zero-order chi connectivity index (χ0) is 17.1.